The average Bonchev–Trinajstić information content (AvgIpc) is 3.44. The van der Waals surface area contributed by atoms with Crippen molar-refractivity contribution in [2.24, 2.45) is 11.8 Å². The molecule has 2 amide bonds. The molecule has 3 atom stereocenters. The van der Waals surface area contributed by atoms with Crippen molar-refractivity contribution < 1.29 is 37.1 Å². The molecular weight excluding hydrogens is 487 g/mol. The molecule has 2 fully saturated rings. The molecule has 186 valence electrons. The van der Waals surface area contributed by atoms with Crippen molar-refractivity contribution in [3.63, 3.8) is 0 Å². The summed E-state index contributed by atoms with van der Waals surface area (Å²) in [6, 6.07) is 16.8. The summed E-state index contributed by atoms with van der Waals surface area (Å²) in [6.45, 7) is 1.85. The molecule has 3 aliphatic rings. The summed E-state index contributed by atoms with van der Waals surface area (Å²) < 4.78 is 46.3. The van der Waals surface area contributed by atoms with E-state index < -0.39 is 58.7 Å². The average molecular weight is 505 g/mol. The number of carbonyl (C=O) groups is 4. The lowest BCUT2D eigenvalue weighted by atomic mass is 9.77. The number of aryl methyl sites for hydroxylation is 1. The van der Waals surface area contributed by atoms with Gasteiger partial charge in [0.25, 0.3) is 0 Å². The molecule has 3 aromatic rings. The third kappa shape index (κ3) is 3.10. The molecule has 0 unspecified atom stereocenters. The number of amides is 2. The van der Waals surface area contributed by atoms with E-state index in [1.54, 1.807) is 36.4 Å². The quantitative estimate of drug-likeness (QED) is 0.372. The molecule has 3 aromatic carbocycles. The summed E-state index contributed by atoms with van der Waals surface area (Å²) in [7, 11) is 0. The largest absolute Gasteiger partial charge is 0.416 e. The van der Waals surface area contributed by atoms with Crippen LogP contribution in [0.4, 0.5) is 18.9 Å². The van der Waals surface area contributed by atoms with Crippen LogP contribution in [0.3, 0.4) is 0 Å². The van der Waals surface area contributed by atoms with Crippen molar-refractivity contribution in [1.82, 2.24) is 0 Å². The number of benzene rings is 3. The molecule has 0 saturated carbocycles. The molecule has 2 aliphatic heterocycles. The monoisotopic (exact) mass is 505 g/mol. The number of halogens is 3. The lowest BCUT2D eigenvalue weighted by molar-refractivity contribution is -0.137. The predicted octanol–water partition coefficient (Wildman–Crippen LogP) is 4.71. The molecule has 9 heteroatoms. The van der Waals surface area contributed by atoms with Crippen LogP contribution in [-0.2, 0) is 20.5 Å². The molecule has 6 nitrogen and oxygen atoms in total. The van der Waals surface area contributed by atoms with E-state index in [0.29, 0.717) is 16.5 Å². The maximum Gasteiger partial charge on any atom is 0.416 e. The second-order valence-corrected chi connectivity index (χ2v) is 9.45. The SMILES string of the molecule is Cc1ccc([C@H]2OC3(C(=O)c4ccccc4C3=O)[C@@H]3C(=O)N(c4cccc(C(F)(F)F)c4)C(=O)[C@@H]23)cc1. The van der Waals surface area contributed by atoms with E-state index in [-0.39, 0.29) is 16.8 Å². The van der Waals surface area contributed by atoms with Gasteiger partial charge in [0.2, 0.25) is 29.0 Å². The van der Waals surface area contributed by atoms with E-state index in [1.807, 2.05) is 6.92 Å². The molecule has 0 aromatic heterocycles. The number of ether oxygens (including phenoxy) is 1. The first kappa shape index (κ1) is 23.3. The first-order valence-electron chi connectivity index (χ1n) is 11.5. The molecule has 6 rings (SSSR count). The van der Waals surface area contributed by atoms with E-state index in [2.05, 4.69) is 0 Å². The topological polar surface area (TPSA) is 80.8 Å². The fourth-order valence-corrected chi connectivity index (χ4v) is 5.65. The number of fused-ring (bicyclic) bond motifs is 3. The maximum atomic E-state index is 13.8. The van der Waals surface area contributed by atoms with Gasteiger partial charge in [-0.05, 0) is 30.7 Å². The van der Waals surface area contributed by atoms with Crippen molar-refractivity contribution >= 4 is 29.1 Å². The number of imide groups is 1. The second kappa shape index (κ2) is 7.69. The Morgan fingerprint density at radius 3 is 2.03 bits per heavy atom. The minimum Gasteiger partial charge on any atom is -0.349 e. The summed E-state index contributed by atoms with van der Waals surface area (Å²) in [6.07, 6.45) is -5.84. The van der Waals surface area contributed by atoms with Crippen molar-refractivity contribution in [3.8, 4) is 0 Å². The van der Waals surface area contributed by atoms with Crippen LogP contribution in [0.1, 0.15) is 43.5 Å². The molecule has 0 N–H and O–H groups in total. The smallest absolute Gasteiger partial charge is 0.349 e. The van der Waals surface area contributed by atoms with Gasteiger partial charge in [-0.3, -0.25) is 19.2 Å². The van der Waals surface area contributed by atoms with Crippen LogP contribution in [-0.4, -0.2) is 29.0 Å². The van der Waals surface area contributed by atoms with Crippen LogP contribution in [0.2, 0.25) is 0 Å². The number of hydrogen-bond acceptors (Lipinski definition) is 5. The number of Topliss-reactive ketones (excluding diaryl/α,β-unsaturated/α-hetero) is 2. The van der Waals surface area contributed by atoms with E-state index in [4.69, 9.17) is 4.74 Å². The lowest BCUT2D eigenvalue weighted by Crippen LogP contribution is -2.51. The minimum atomic E-state index is -4.70. The summed E-state index contributed by atoms with van der Waals surface area (Å²) in [5.74, 6) is -6.05. The molecule has 2 saturated heterocycles. The van der Waals surface area contributed by atoms with E-state index in [0.717, 1.165) is 17.7 Å². The highest BCUT2D eigenvalue weighted by Gasteiger charge is 2.74. The maximum absolute atomic E-state index is 13.8. The van der Waals surface area contributed by atoms with Crippen LogP contribution in [0.5, 0.6) is 0 Å². The Labute approximate surface area is 208 Å². The molecule has 2 heterocycles. The standard InChI is InChI=1S/C28H18F3NO5/c1-14-9-11-15(12-10-14)22-20-21(27(37-22)23(33)18-7-2-3-8-19(18)24(27)34)26(36)32(25(20)35)17-6-4-5-16(13-17)28(29,30)31/h2-13,20-22H,1H3/t20-,21+,22-/m1/s1. The zero-order chi connectivity index (χ0) is 26.3. The van der Waals surface area contributed by atoms with Crippen molar-refractivity contribution in [2.75, 3.05) is 4.90 Å². The molecule has 1 aliphatic carbocycles. The molecule has 0 radical (unpaired) electrons. The Hall–Kier alpha value is -4.11. The number of rotatable bonds is 2. The van der Waals surface area contributed by atoms with Gasteiger partial charge in [-0.2, -0.15) is 13.2 Å². The third-order valence-corrected chi connectivity index (χ3v) is 7.36. The summed E-state index contributed by atoms with van der Waals surface area (Å²) >= 11 is 0. The Bertz CT molecular complexity index is 1480. The molecule has 37 heavy (non-hydrogen) atoms. The number of nitrogens with zero attached hydrogens (tertiary/aromatic N) is 1. The van der Waals surface area contributed by atoms with Crippen LogP contribution >= 0.6 is 0 Å². The number of alkyl halides is 3. The van der Waals surface area contributed by atoms with E-state index in [9.17, 15) is 32.3 Å². The predicted molar refractivity (Wildman–Crippen MR) is 124 cm³/mol. The van der Waals surface area contributed by atoms with Crippen molar-refractivity contribution in [3.05, 3.63) is 101 Å². The normalized spacial score (nSPS) is 24.2. The van der Waals surface area contributed by atoms with Crippen LogP contribution < -0.4 is 4.90 Å². The fraction of sp³-hybridized carbons (Fsp3) is 0.214. The van der Waals surface area contributed by atoms with Gasteiger partial charge in [0.05, 0.1) is 29.2 Å². The summed E-state index contributed by atoms with van der Waals surface area (Å²) in [5.41, 5.74) is -2.07. The number of anilines is 1. The van der Waals surface area contributed by atoms with Gasteiger partial charge in [-0.15, -0.1) is 0 Å². The zero-order valence-electron chi connectivity index (χ0n) is 19.3. The van der Waals surface area contributed by atoms with Crippen LogP contribution in [0.15, 0.2) is 72.8 Å². The van der Waals surface area contributed by atoms with Gasteiger partial charge in [-0.25, -0.2) is 4.90 Å². The Morgan fingerprint density at radius 2 is 1.43 bits per heavy atom. The summed E-state index contributed by atoms with van der Waals surface area (Å²) in [4.78, 5) is 55.7. The minimum absolute atomic E-state index is 0.0774. The number of hydrogen-bond donors (Lipinski definition) is 0. The fourth-order valence-electron chi connectivity index (χ4n) is 5.65. The first-order chi connectivity index (χ1) is 17.6. The number of carbonyl (C=O) groups excluding carboxylic acids is 4. The Kier molecular flexibility index (Phi) is 4.84. The highest BCUT2D eigenvalue weighted by molar-refractivity contribution is 6.37. The Morgan fingerprint density at radius 1 is 0.811 bits per heavy atom. The first-order valence-corrected chi connectivity index (χ1v) is 11.5. The van der Waals surface area contributed by atoms with Crippen LogP contribution in [0, 0.1) is 18.8 Å². The van der Waals surface area contributed by atoms with Gasteiger partial charge < -0.3 is 4.74 Å². The lowest BCUT2D eigenvalue weighted by Gasteiger charge is -2.27. The molecular formula is C28H18F3NO5. The number of ketones is 2. The van der Waals surface area contributed by atoms with Gasteiger partial charge in [-0.1, -0.05) is 60.2 Å². The van der Waals surface area contributed by atoms with Gasteiger partial charge in [0.1, 0.15) is 0 Å². The van der Waals surface area contributed by atoms with Gasteiger partial charge in [0, 0.05) is 11.1 Å². The molecule has 1 spiro atoms. The van der Waals surface area contributed by atoms with Crippen molar-refractivity contribution in [1.29, 1.82) is 0 Å². The van der Waals surface area contributed by atoms with E-state index >= 15 is 0 Å². The van der Waals surface area contributed by atoms with Crippen LogP contribution in [0.25, 0.3) is 0 Å². The second-order valence-electron chi connectivity index (χ2n) is 9.45. The zero-order valence-corrected chi connectivity index (χ0v) is 19.3. The van der Waals surface area contributed by atoms with Gasteiger partial charge in [0.15, 0.2) is 0 Å². The Balaban J connectivity index is 1.53. The third-order valence-electron chi connectivity index (χ3n) is 7.36. The van der Waals surface area contributed by atoms with E-state index in [1.165, 1.54) is 18.2 Å². The highest BCUT2D eigenvalue weighted by Crippen LogP contribution is 2.57. The summed E-state index contributed by atoms with van der Waals surface area (Å²) in [5, 5.41) is 0. The highest BCUT2D eigenvalue weighted by atomic mass is 19.4. The van der Waals surface area contributed by atoms with Gasteiger partial charge >= 0.3 is 6.18 Å². The molecule has 0 bridgehead atoms. The van der Waals surface area contributed by atoms with Crippen molar-refractivity contribution in [2.45, 2.75) is 24.8 Å².